The molecule has 3 heteroatoms. The quantitative estimate of drug-likeness (QED) is 0.0641. The maximum atomic E-state index is 6.60. The first-order valence-electron chi connectivity index (χ1n) is 16.3. The van der Waals surface area contributed by atoms with E-state index < -0.39 is 18.4 Å². The third-order valence-corrected chi connectivity index (χ3v) is 22.8. The average molecular weight is 661 g/mol. The molecule has 2 nitrogen and oxygen atoms in total. The van der Waals surface area contributed by atoms with Crippen molar-refractivity contribution in [3.8, 4) is 0 Å². The van der Waals surface area contributed by atoms with Crippen molar-refractivity contribution >= 4 is 18.4 Å². The van der Waals surface area contributed by atoms with Crippen LogP contribution in [-0.2, 0) is 24.2 Å². The van der Waals surface area contributed by atoms with E-state index in [9.17, 15) is 0 Å². The van der Waals surface area contributed by atoms with Crippen LogP contribution in [0.2, 0.25) is 13.3 Å². The third kappa shape index (κ3) is 12.9. The van der Waals surface area contributed by atoms with Crippen LogP contribution in [0.3, 0.4) is 0 Å². The fourth-order valence-electron chi connectivity index (χ4n) is 5.90. The van der Waals surface area contributed by atoms with Crippen molar-refractivity contribution in [2.45, 2.75) is 98.2 Å². The second-order valence-corrected chi connectivity index (χ2v) is 25.6. The molecule has 0 radical (unpaired) electrons. The Kier molecular flexibility index (Phi) is 16.5. The van der Waals surface area contributed by atoms with Gasteiger partial charge in [-0.15, -0.1) is 0 Å². The van der Waals surface area contributed by atoms with Crippen LogP contribution in [0.15, 0.2) is 103 Å². The predicted octanol–water partition coefficient (Wildman–Crippen LogP) is 10.3. The molecule has 0 aromatic heterocycles. The summed E-state index contributed by atoms with van der Waals surface area (Å²) in [5, 5.41) is 0. The minimum atomic E-state index is -2.27. The summed E-state index contributed by atoms with van der Waals surface area (Å²) in [6.45, 7) is 9.63. The summed E-state index contributed by atoms with van der Waals surface area (Å²) in [5.41, 5.74) is 4.09. The van der Waals surface area contributed by atoms with E-state index in [0.29, 0.717) is 0 Å². The van der Waals surface area contributed by atoms with Gasteiger partial charge in [0, 0.05) is 0 Å². The van der Waals surface area contributed by atoms with Crippen molar-refractivity contribution in [2.24, 2.45) is 0 Å². The summed E-state index contributed by atoms with van der Waals surface area (Å²) >= 11 is -2.27. The summed E-state index contributed by atoms with van der Waals surface area (Å²) in [6.07, 6.45) is 13.9. The van der Waals surface area contributed by atoms with Crippen molar-refractivity contribution < 1.29 is 4.74 Å². The van der Waals surface area contributed by atoms with Crippen LogP contribution in [0.5, 0.6) is 0 Å². The van der Waals surface area contributed by atoms with E-state index in [1.54, 1.807) is 0 Å². The van der Waals surface area contributed by atoms with E-state index >= 15 is 0 Å². The molecule has 1 atom stereocenters. The predicted molar refractivity (Wildman–Crippen MR) is 181 cm³/mol. The van der Waals surface area contributed by atoms with Crippen LogP contribution in [0.1, 0.15) is 76.0 Å². The zero-order valence-corrected chi connectivity index (χ0v) is 29.0. The van der Waals surface area contributed by atoms with Gasteiger partial charge in [0.15, 0.2) is 0 Å². The van der Waals surface area contributed by atoms with Crippen LogP contribution in [0, 0.1) is 0 Å². The Morgan fingerprint density at radius 3 is 1.51 bits per heavy atom. The number of rotatable bonds is 21. The Labute approximate surface area is 256 Å². The van der Waals surface area contributed by atoms with Gasteiger partial charge in [0.1, 0.15) is 0 Å². The molecule has 0 fully saturated rings. The molecule has 3 aromatic carbocycles. The van der Waals surface area contributed by atoms with Gasteiger partial charge in [-0.25, -0.2) is 0 Å². The standard InChI is InChI=1S/C26H28NO.3C4H9.Sn/c1-28-19-11-18-26(20-23-12-5-2-6-13-23)27(21-24-14-7-3-8-15-24)22-25-16-9-4-10-17-25;3*1-3-4-2;/h2-18,26H,1,19-22H2;3*1,3-4H2,2H3;/b18-11+;;;;. The Bertz CT molecular complexity index is 1010. The molecule has 0 heterocycles. The zero-order valence-electron chi connectivity index (χ0n) is 26.1. The Morgan fingerprint density at radius 1 is 0.634 bits per heavy atom. The van der Waals surface area contributed by atoms with E-state index in [-0.39, 0.29) is 6.04 Å². The van der Waals surface area contributed by atoms with Gasteiger partial charge in [-0.1, -0.05) is 0 Å². The molecule has 0 bridgehead atoms. The van der Waals surface area contributed by atoms with Crippen LogP contribution < -0.4 is 0 Å². The Hall–Kier alpha value is -1.88. The summed E-state index contributed by atoms with van der Waals surface area (Å²) < 4.78 is 12.2. The van der Waals surface area contributed by atoms with Gasteiger partial charge in [0.25, 0.3) is 0 Å². The summed E-state index contributed by atoms with van der Waals surface area (Å²) in [6, 6.07) is 33.1. The number of benzene rings is 3. The molecule has 0 saturated heterocycles. The maximum absolute atomic E-state index is 6.60. The summed E-state index contributed by atoms with van der Waals surface area (Å²) in [7, 11) is 0. The number of nitrogens with zero attached hydrogens (tertiary/aromatic N) is 1. The van der Waals surface area contributed by atoms with E-state index in [1.807, 2.05) is 0 Å². The second-order valence-electron chi connectivity index (χ2n) is 11.9. The van der Waals surface area contributed by atoms with Gasteiger partial charge in [-0.2, -0.15) is 0 Å². The van der Waals surface area contributed by atoms with Gasteiger partial charge < -0.3 is 0 Å². The number of unbranched alkanes of at least 4 members (excludes halogenated alkanes) is 3. The van der Waals surface area contributed by atoms with E-state index in [2.05, 4.69) is 129 Å². The van der Waals surface area contributed by atoms with Crippen molar-refractivity contribution in [3.05, 3.63) is 120 Å². The van der Waals surface area contributed by atoms with Gasteiger partial charge >= 0.3 is 257 Å². The number of hydrogen-bond donors (Lipinski definition) is 0. The molecule has 0 spiro atoms. The van der Waals surface area contributed by atoms with E-state index in [0.717, 1.165) is 30.7 Å². The summed E-state index contributed by atoms with van der Waals surface area (Å²) in [4.78, 5) is 2.63. The van der Waals surface area contributed by atoms with Gasteiger partial charge in [0.05, 0.1) is 0 Å². The fourth-order valence-corrected chi connectivity index (χ4v) is 20.3. The first-order valence-corrected chi connectivity index (χ1v) is 24.4. The van der Waals surface area contributed by atoms with Crippen molar-refractivity contribution in [2.75, 3.05) is 11.2 Å². The normalized spacial score (nSPS) is 12.8. The topological polar surface area (TPSA) is 12.5 Å². The minimum absolute atomic E-state index is 0.287. The van der Waals surface area contributed by atoms with Crippen LogP contribution >= 0.6 is 0 Å². The van der Waals surface area contributed by atoms with Crippen molar-refractivity contribution in [1.82, 2.24) is 4.90 Å². The van der Waals surface area contributed by atoms with Gasteiger partial charge in [0.2, 0.25) is 0 Å². The first kappa shape index (κ1) is 33.6. The van der Waals surface area contributed by atoms with E-state index in [4.69, 9.17) is 4.74 Å². The molecule has 3 aromatic rings. The van der Waals surface area contributed by atoms with Gasteiger partial charge in [-0.3, -0.25) is 0 Å². The van der Waals surface area contributed by atoms with Crippen molar-refractivity contribution in [3.63, 3.8) is 0 Å². The van der Waals surface area contributed by atoms with Crippen molar-refractivity contribution in [1.29, 1.82) is 0 Å². The second kappa shape index (κ2) is 20.1. The molecule has 0 N–H and O–H groups in total. The summed E-state index contributed by atoms with van der Waals surface area (Å²) in [5.74, 6) is 0. The van der Waals surface area contributed by atoms with E-state index in [1.165, 1.54) is 68.5 Å². The van der Waals surface area contributed by atoms with Crippen LogP contribution in [0.25, 0.3) is 0 Å². The molecule has 222 valence electrons. The number of hydrogen-bond acceptors (Lipinski definition) is 2. The SMILES string of the molecule is CCC[CH2][Sn]([CH2]CCC)([CH2]CCC)[CH2]OC/C=C/C(Cc1ccccc1)N(Cc1ccccc1)Cc1ccccc1. The molecule has 0 aliphatic rings. The van der Waals surface area contributed by atoms with Crippen LogP contribution in [-0.4, -0.2) is 40.5 Å². The fraction of sp³-hybridized carbons (Fsp3) is 0.474. The molecule has 0 amide bonds. The molecule has 1 unspecified atom stereocenters. The molecular formula is C38H55NOSn. The Morgan fingerprint density at radius 2 is 1.07 bits per heavy atom. The average Bonchev–Trinajstić information content (AvgIpc) is 3.02. The third-order valence-electron chi connectivity index (χ3n) is 8.38. The zero-order chi connectivity index (χ0) is 29.0. The molecular weight excluding hydrogens is 605 g/mol. The molecule has 0 saturated carbocycles. The monoisotopic (exact) mass is 661 g/mol. The Balaban J connectivity index is 1.77. The number of ether oxygens (including phenoxy) is 1. The molecule has 41 heavy (non-hydrogen) atoms. The van der Waals surface area contributed by atoms with Crippen LogP contribution in [0.4, 0.5) is 0 Å². The molecule has 0 aliphatic carbocycles. The molecule has 3 rings (SSSR count). The van der Waals surface area contributed by atoms with Gasteiger partial charge in [-0.05, 0) is 0 Å². The first-order chi connectivity index (χ1) is 20.2. The molecule has 0 aliphatic heterocycles.